The van der Waals surface area contributed by atoms with Crippen LogP contribution in [0.1, 0.15) is 101 Å². The number of carbonyl (C=O) groups is 2. The molecule has 0 saturated carbocycles. The van der Waals surface area contributed by atoms with Crippen molar-refractivity contribution < 1.29 is 28.5 Å². The van der Waals surface area contributed by atoms with Crippen molar-refractivity contribution in [1.82, 2.24) is 0 Å². The van der Waals surface area contributed by atoms with Gasteiger partial charge in [-0.2, -0.15) is 0 Å². The summed E-state index contributed by atoms with van der Waals surface area (Å²) in [6.07, 6.45) is 13.5. The van der Waals surface area contributed by atoms with Crippen molar-refractivity contribution in [2.45, 2.75) is 126 Å². The lowest BCUT2D eigenvalue weighted by Crippen LogP contribution is -2.34. The van der Waals surface area contributed by atoms with Crippen molar-refractivity contribution in [1.29, 1.82) is 0 Å². The molecule has 0 amide bonds. The van der Waals surface area contributed by atoms with Crippen LogP contribution in [0.25, 0.3) is 0 Å². The summed E-state index contributed by atoms with van der Waals surface area (Å²) in [5, 5.41) is 0. The molecule has 0 aromatic carbocycles. The molecule has 2 rings (SSSR count). The first-order valence-electron chi connectivity index (χ1n) is 15.2. The number of cyclic esters (lactones) is 1. The fraction of sp³-hybridized carbons (Fsp3) is 0.765. The molecule has 8 atom stereocenters. The number of rotatable bonds is 9. The van der Waals surface area contributed by atoms with E-state index >= 15 is 0 Å². The zero-order valence-corrected chi connectivity index (χ0v) is 27.0. The van der Waals surface area contributed by atoms with Gasteiger partial charge in [0.15, 0.2) is 0 Å². The highest BCUT2D eigenvalue weighted by atomic mass is 16.7. The van der Waals surface area contributed by atoms with E-state index in [0.29, 0.717) is 30.5 Å². The molecule has 2 aliphatic heterocycles. The van der Waals surface area contributed by atoms with Crippen LogP contribution in [0.3, 0.4) is 0 Å². The highest BCUT2D eigenvalue weighted by Crippen LogP contribution is 2.41. The van der Waals surface area contributed by atoms with Crippen molar-refractivity contribution in [3.8, 4) is 0 Å². The lowest BCUT2D eigenvalue weighted by atomic mass is 9.78. The van der Waals surface area contributed by atoms with Crippen LogP contribution in [-0.4, -0.2) is 43.7 Å². The molecule has 0 aromatic rings. The summed E-state index contributed by atoms with van der Waals surface area (Å²) < 4.78 is 22.5. The Morgan fingerprint density at radius 2 is 1.90 bits per heavy atom. The van der Waals surface area contributed by atoms with Gasteiger partial charge in [-0.15, -0.1) is 0 Å². The van der Waals surface area contributed by atoms with Gasteiger partial charge in [-0.1, -0.05) is 93.0 Å². The molecule has 1 saturated heterocycles. The van der Waals surface area contributed by atoms with E-state index in [-0.39, 0.29) is 28.6 Å². The van der Waals surface area contributed by atoms with Gasteiger partial charge in [0, 0.05) is 17.8 Å². The third kappa shape index (κ3) is 10.4. The van der Waals surface area contributed by atoms with Crippen LogP contribution in [-0.2, 0) is 23.7 Å². The second kappa shape index (κ2) is 14.7. The first-order valence-corrected chi connectivity index (χ1v) is 15.2. The number of allylic oxidation sites excluding steroid dienone is 3. The summed E-state index contributed by atoms with van der Waals surface area (Å²) in [6.45, 7) is 21.6. The number of epoxide rings is 1. The van der Waals surface area contributed by atoms with E-state index in [1.165, 1.54) is 13.5 Å². The van der Waals surface area contributed by atoms with Gasteiger partial charge in [-0.05, 0) is 61.0 Å². The zero-order valence-electron chi connectivity index (χ0n) is 27.0. The molecule has 0 spiro atoms. The minimum atomic E-state index is -0.695. The third-order valence-electron chi connectivity index (χ3n) is 9.05. The molecule has 0 aliphatic carbocycles. The Balaban J connectivity index is 2.19. The number of hydrogen-bond donors (Lipinski definition) is 0. The maximum absolute atomic E-state index is 12.9. The van der Waals surface area contributed by atoms with E-state index in [2.05, 4.69) is 73.6 Å². The maximum atomic E-state index is 12.9. The fourth-order valence-electron chi connectivity index (χ4n) is 5.56. The normalized spacial score (nSPS) is 32.3. The lowest BCUT2D eigenvalue weighted by Gasteiger charge is -2.33. The number of carbonyl (C=O) groups excluding carboxylic acids is 2. The summed E-state index contributed by atoms with van der Waals surface area (Å²) in [6, 6.07) is 0. The van der Waals surface area contributed by atoms with Crippen molar-refractivity contribution >= 4 is 12.1 Å². The zero-order chi connectivity index (χ0) is 30.3. The minimum absolute atomic E-state index is 0.0144. The van der Waals surface area contributed by atoms with Gasteiger partial charge >= 0.3 is 12.1 Å². The van der Waals surface area contributed by atoms with Crippen LogP contribution >= 0.6 is 0 Å². The monoisotopic (exact) mass is 560 g/mol. The van der Waals surface area contributed by atoms with E-state index in [0.717, 1.165) is 24.8 Å². The molecule has 2 aliphatic rings. The first-order chi connectivity index (χ1) is 18.6. The Bertz CT molecular complexity index is 929. The lowest BCUT2D eigenvalue weighted by molar-refractivity contribution is -0.149. The Kier molecular flexibility index (Phi) is 12.5. The Labute approximate surface area is 243 Å². The molecular formula is C34H56O6. The molecule has 40 heavy (non-hydrogen) atoms. The van der Waals surface area contributed by atoms with Crippen LogP contribution in [0.2, 0.25) is 0 Å². The Morgan fingerprint density at radius 1 is 1.23 bits per heavy atom. The predicted molar refractivity (Wildman–Crippen MR) is 161 cm³/mol. The predicted octanol–water partition coefficient (Wildman–Crippen LogP) is 8.46. The van der Waals surface area contributed by atoms with Gasteiger partial charge in [0.05, 0.1) is 19.3 Å². The average molecular weight is 561 g/mol. The summed E-state index contributed by atoms with van der Waals surface area (Å²) in [7, 11) is 1.32. The maximum Gasteiger partial charge on any atom is 0.508 e. The highest BCUT2D eigenvalue weighted by molar-refractivity contribution is 5.70. The number of hydrogen-bond acceptors (Lipinski definition) is 6. The second-order valence-corrected chi connectivity index (χ2v) is 13.8. The summed E-state index contributed by atoms with van der Waals surface area (Å²) >= 11 is 0. The van der Waals surface area contributed by atoms with Crippen LogP contribution in [0, 0.1) is 34.5 Å². The molecule has 6 nitrogen and oxygen atoms in total. The van der Waals surface area contributed by atoms with Crippen LogP contribution in [0.15, 0.2) is 36.0 Å². The summed E-state index contributed by atoms with van der Waals surface area (Å²) in [5.41, 5.74) is 0.644. The van der Waals surface area contributed by atoms with Crippen molar-refractivity contribution in [2.75, 3.05) is 7.11 Å². The van der Waals surface area contributed by atoms with Gasteiger partial charge in [0.2, 0.25) is 0 Å². The third-order valence-corrected chi connectivity index (χ3v) is 9.05. The second-order valence-electron chi connectivity index (χ2n) is 13.8. The van der Waals surface area contributed by atoms with Gasteiger partial charge in [0.25, 0.3) is 0 Å². The molecule has 2 heterocycles. The largest absolute Gasteiger partial charge is 0.508 e. The van der Waals surface area contributed by atoms with E-state index < -0.39 is 18.4 Å². The number of methoxy groups -OCH3 is 1. The minimum Gasteiger partial charge on any atom is -0.457 e. The van der Waals surface area contributed by atoms with Gasteiger partial charge in [-0.25, -0.2) is 4.79 Å². The first kappa shape index (κ1) is 34.1. The number of esters is 1. The highest BCUT2D eigenvalue weighted by Gasteiger charge is 2.46. The number of ether oxygens (including phenoxy) is 4. The van der Waals surface area contributed by atoms with E-state index in [4.69, 9.17) is 18.9 Å². The SMILES string of the molecule is CCC(C)C(C)C1OC1CC(C)(C)/C=C/C=C(\C)C1OC(=O)CC(C)CCC(C)(C)C(OC(=O)OC)/C=C/C1C. The Morgan fingerprint density at radius 3 is 2.52 bits per heavy atom. The quantitative estimate of drug-likeness (QED) is 0.122. The standard InChI is InChI=1S/C34H56O6/c1-12-23(3)26(6)31-27(38-31)21-33(7,8)18-13-14-24(4)30-25(5)15-16-28(39-32(36)37-11)34(9,10)19-17-22(2)20-29(35)40-30/h13-16,18,22-23,25-28,30-31H,12,17,19-21H2,1-11H3/b16-15+,18-13+,24-14+. The molecule has 0 aromatic heterocycles. The molecule has 1 fully saturated rings. The van der Waals surface area contributed by atoms with E-state index in [9.17, 15) is 9.59 Å². The van der Waals surface area contributed by atoms with Crippen molar-refractivity contribution in [3.63, 3.8) is 0 Å². The molecule has 228 valence electrons. The van der Waals surface area contributed by atoms with Crippen LogP contribution in [0.4, 0.5) is 4.79 Å². The fourth-order valence-corrected chi connectivity index (χ4v) is 5.56. The average Bonchev–Trinajstić information content (AvgIpc) is 3.64. The van der Waals surface area contributed by atoms with Crippen molar-refractivity contribution in [3.05, 3.63) is 36.0 Å². The summed E-state index contributed by atoms with van der Waals surface area (Å²) in [4.78, 5) is 24.9. The van der Waals surface area contributed by atoms with Crippen molar-refractivity contribution in [2.24, 2.45) is 34.5 Å². The molecule has 6 heteroatoms. The molecule has 8 unspecified atom stereocenters. The van der Waals surface area contributed by atoms with Gasteiger partial charge in [-0.3, -0.25) is 4.79 Å². The molecular weight excluding hydrogens is 504 g/mol. The molecule has 0 bridgehead atoms. The van der Waals surface area contributed by atoms with E-state index in [1.54, 1.807) is 0 Å². The smallest absolute Gasteiger partial charge is 0.457 e. The van der Waals surface area contributed by atoms with E-state index in [1.807, 2.05) is 26.0 Å². The Hall–Kier alpha value is -2.08. The van der Waals surface area contributed by atoms with Crippen LogP contribution < -0.4 is 0 Å². The van der Waals surface area contributed by atoms with Gasteiger partial charge < -0.3 is 18.9 Å². The summed E-state index contributed by atoms with van der Waals surface area (Å²) in [5.74, 6) is 1.11. The van der Waals surface area contributed by atoms with Gasteiger partial charge in [0.1, 0.15) is 12.2 Å². The molecule has 0 N–H and O–H groups in total. The molecule has 0 radical (unpaired) electrons. The topological polar surface area (TPSA) is 74.4 Å². The van der Waals surface area contributed by atoms with Crippen LogP contribution in [0.5, 0.6) is 0 Å².